The highest BCUT2D eigenvalue weighted by atomic mass is 19.1. The third kappa shape index (κ3) is 4.17. The van der Waals surface area contributed by atoms with Crippen molar-refractivity contribution in [2.75, 3.05) is 25.5 Å². The first-order chi connectivity index (χ1) is 12.6. The second kappa shape index (κ2) is 8.25. The van der Waals surface area contributed by atoms with Crippen LogP contribution in [-0.2, 0) is 16.1 Å². The Bertz CT molecular complexity index is 749. The first-order valence-corrected chi connectivity index (χ1v) is 8.52. The predicted molar refractivity (Wildman–Crippen MR) is 95.4 cm³/mol. The molecule has 0 bridgehead atoms. The molecular weight excluding hydrogens is 337 g/mol. The highest BCUT2D eigenvalue weighted by Crippen LogP contribution is 2.26. The molecule has 1 aliphatic heterocycles. The van der Waals surface area contributed by atoms with Crippen LogP contribution in [0.25, 0.3) is 0 Å². The number of hydrogen-bond donors (Lipinski definition) is 2. The number of amides is 1. The minimum atomic E-state index is -0.879. The predicted octanol–water partition coefficient (Wildman–Crippen LogP) is 2.51. The molecule has 7 heteroatoms. The van der Waals surface area contributed by atoms with E-state index >= 15 is 0 Å². The van der Waals surface area contributed by atoms with Crippen LogP contribution >= 0.6 is 0 Å². The smallest absolute Gasteiger partial charge is 0.256 e. The second-order valence-electron chi connectivity index (χ2n) is 6.16. The molecule has 1 aliphatic rings. The van der Waals surface area contributed by atoms with Crippen molar-refractivity contribution in [1.29, 1.82) is 0 Å². The summed E-state index contributed by atoms with van der Waals surface area (Å²) in [5.41, 5.74) is 0.195. The van der Waals surface area contributed by atoms with Crippen LogP contribution in [-0.4, -0.2) is 36.7 Å². The Hall–Kier alpha value is -2.51. The molecule has 0 aliphatic carbocycles. The monoisotopic (exact) mass is 359 g/mol. The zero-order valence-corrected chi connectivity index (χ0v) is 14.6. The van der Waals surface area contributed by atoms with Crippen molar-refractivity contribution < 1.29 is 18.7 Å². The van der Waals surface area contributed by atoms with Gasteiger partial charge in [-0.2, -0.15) is 0 Å². The Morgan fingerprint density at radius 2 is 2.12 bits per heavy atom. The van der Waals surface area contributed by atoms with Crippen molar-refractivity contribution >= 4 is 11.6 Å². The van der Waals surface area contributed by atoms with Crippen LogP contribution in [0.1, 0.15) is 18.5 Å². The number of methoxy groups -OCH3 is 1. The molecule has 0 spiro atoms. The Balaban J connectivity index is 1.64. The van der Waals surface area contributed by atoms with E-state index in [1.165, 1.54) is 19.2 Å². The molecule has 0 radical (unpaired) electrons. The molecule has 1 saturated heterocycles. The van der Waals surface area contributed by atoms with Crippen molar-refractivity contribution in [3.05, 3.63) is 54.1 Å². The number of pyridine rings is 1. The van der Waals surface area contributed by atoms with Gasteiger partial charge < -0.3 is 20.1 Å². The van der Waals surface area contributed by atoms with Crippen LogP contribution in [0.5, 0.6) is 5.75 Å². The number of carbonyl (C=O) groups excluding carboxylic acids is 1. The summed E-state index contributed by atoms with van der Waals surface area (Å²) < 4.78 is 25.2. The number of nitrogens with one attached hydrogen (secondary N) is 2. The van der Waals surface area contributed by atoms with Gasteiger partial charge in [0.1, 0.15) is 12.2 Å². The molecule has 3 rings (SSSR count). The van der Waals surface area contributed by atoms with Gasteiger partial charge >= 0.3 is 0 Å². The molecule has 2 N–H and O–H groups in total. The maximum atomic E-state index is 14.3. The molecule has 6 nitrogen and oxygen atoms in total. The number of nitrogens with zero attached hydrogens (tertiary/aromatic N) is 1. The normalized spacial score (nSPS) is 16.1. The molecule has 0 saturated carbocycles. The topological polar surface area (TPSA) is 72.5 Å². The van der Waals surface area contributed by atoms with E-state index in [4.69, 9.17) is 9.47 Å². The van der Waals surface area contributed by atoms with Gasteiger partial charge in [-0.15, -0.1) is 0 Å². The highest BCUT2D eigenvalue weighted by molar-refractivity contribution is 5.97. The maximum Gasteiger partial charge on any atom is 0.256 e. The van der Waals surface area contributed by atoms with E-state index in [2.05, 4.69) is 15.6 Å². The first-order valence-electron chi connectivity index (χ1n) is 8.52. The lowest BCUT2D eigenvalue weighted by atomic mass is 9.91. The third-order valence-electron chi connectivity index (χ3n) is 4.51. The number of ether oxygens (including phenoxy) is 2. The fraction of sp³-hybridized carbons (Fsp3) is 0.368. The molecule has 0 unspecified atom stereocenters. The largest absolute Gasteiger partial charge is 0.484 e. The number of rotatable bonds is 6. The summed E-state index contributed by atoms with van der Waals surface area (Å²) in [5, 5.41) is 5.94. The fourth-order valence-electron chi connectivity index (χ4n) is 2.93. The molecule has 1 amide bonds. The van der Waals surface area contributed by atoms with Crippen molar-refractivity contribution in [2.45, 2.75) is 25.0 Å². The van der Waals surface area contributed by atoms with E-state index in [0.29, 0.717) is 37.3 Å². The van der Waals surface area contributed by atoms with E-state index in [9.17, 15) is 9.18 Å². The van der Waals surface area contributed by atoms with Crippen molar-refractivity contribution in [1.82, 2.24) is 10.3 Å². The van der Waals surface area contributed by atoms with Gasteiger partial charge in [0.15, 0.2) is 11.6 Å². The van der Waals surface area contributed by atoms with Crippen molar-refractivity contribution in [3.8, 4) is 5.75 Å². The zero-order valence-electron chi connectivity index (χ0n) is 14.6. The van der Waals surface area contributed by atoms with Crippen molar-refractivity contribution in [2.24, 2.45) is 0 Å². The zero-order chi connectivity index (χ0) is 18.4. The summed E-state index contributed by atoms with van der Waals surface area (Å²) in [4.78, 5) is 16.7. The quantitative estimate of drug-likeness (QED) is 0.829. The molecule has 26 heavy (non-hydrogen) atoms. The maximum absolute atomic E-state index is 14.3. The van der Waals surface area contributed by atoms with Gasteiger partial charge in [0.2, 0.25) is 0 Å². The summed E-state index contributed by atoms with van der Waals surface area (Å²) in [6.45, 7) is 1.58. The summed E-state index contributed by atoms with van der Waals surface area (Å²) >= 11 is 0. The van der Waals surface area contributed by atoms with Crippen LogP contribution < -0.4 is 15.4 Å². The second-order valence-corrected chi connectivity index (χ2v) is 6.16. The first kappa shape index (κ1) is 18.3. The summed E-state index contributed by atoms with van der Waals surface area (Å²) in [5.74, 6) is -0.699. The van der Waals surface area contributed by atoms with Gasteiger partial charge in [-0.1, -0.05) is 6.07 Å². The molecule has 0 atom stereocenters. The number of piperidine rings is 1. The number of hydrogen-bond acceptors (Lipinski definition) is 5. The molecule has 1 aromatic carbocycles. The number of carbonyl (C=O) groups is 1. The van der Waals surface area contributed by atoms with Gasteiger partial charge in [-0.3, -0.25) is 9.78 Å². The Morgan fingerprint density at radius 1 is 1.31 bits per heavy atom. The standard InChI is InChI=1S/C19H22FN3O3/c1-25-19(7-10-21-11-8-19)18(24)23-14-5-6-17(16(20)12-14)26-13-15-4-2-3-9-22-15/h2-6,9,12,21H,7-8,10-11,13H2,1H3,(H,23,24). The summed E-state index contributed by atoms with van der Waals surface area (Å²) in [6, 6.07) is 9.80. The average Bonchev–Trinajstić information content (AvgIpc) is 2.68. The van der Waals surface area contributed by atoms with Crippen LogP contribution in [0.2, 0.25) is 0 Å². The molecule has 1 fully saturated rings. The third-order valence-corrected chi connectivity index (χ3v) is 4.51. The Kier molecular flexibility index (Phi) is 5.80. The fourth-order valence-corrected chi connectivity index (χ4v) is 2.93. The van der Waals surface area contributed by atoms with E-state index in [1.807, 2.05) is 6.07 Å². The number of benzene rings is 1. The summed E-state index contributed by atoms with van der Waals surface area (Å²) in [7, 11) is 1.53. The van der Waals surface area contributed by atoms with Gasteiger partial charge in [-0.05, 0) is 50.2 Å². The van der Waals surface area contributed by atoms with E-state index in [0.717, 1.165) is 0 Å². The van der Waals surface area contributed by atoms with Gasteiger partial charge in [-0.25, -0.2) is 4.39 Å². The van der Waals surface area contributed by atoms with Gasteiger partial charge in [0, 0.05) is 25.1 Å². The summed E-state index contributed by atoms with van der Waals surface area (Å²) in [6.07, 6.45) is 2.80. The van der Waals surface area contributed by atoms with Crippen molar-refractivity contribution in [3.63, 3.8) is 0 Å². The average molecular weight is 359 g/mol. The number of anilines is 1. The van der Waals surface area contributed by atoms with E-state index in [1.54, 1.807) is 24.4 Å². The Labute approximate surface area is 151 Å². The van der Waals surface area contributed by atoms with Gasteiger partial charge in [0.05, 0.1) is 5.69 Å². The minimum Gasteiger partial charge on any atom is -0.484 e. The van der Waals surface area contributed by atoms with Crippen LogP contribution in [0.3, 0.4) is 0 Å². The molecule has 2 heterocycles. The van der Waals surface area contributed by atoms with Crippen LogP contribution in [0.4, 0.5) is 10.1 Å². The van der Waals surface area contributed by atoms with Gasteiger partial charge in [0.25, 0.3) is 5.91 Å². The molecular formula is C19H22FN3O3. The SMILES string of the molecule is COC1(C(=O)Nc2ccc(OCc3ccccn3)c(F)c2)CCNCC1. The number of aromatic nitrogens is 1. The number of halogens is 1. The lowest BCUT2D eigenvalue weighted by molar-refractivity contribution is -0.140. The Morgan fingerprint density at radius 3 is 2.77 bits per heavy atom. The van der Waals surface area contributed by atoms with E-state index < -0.39 is 11.4 Å². The van der Waals surface area contributed by atoms with Crippen LogP contribution in [0, 0.1) is 5.82 Å². The highest BCUT2D eigenvalue weighted by Gasteiger charge is 2.39. The van der Waals surface area contributed by atoms with E-state index in [-0.39, 0.29) is 18.3 Å². The van der Waals surface area contributed by atoms with Crippen LogP contribution in [0.15, 0.2) is 42.6 Å². The molecule has 138 valence electrons. The molecule has 2 aromatic rings. The molecule has 1 aromatic heterocycles. The minimum absolute atomic E-state index is 0.108. The lowest BCUT2D eigenvalue weighted by Gasteiger charge is -2.34. The lowest BCUT2D eigenvalue weighted by Crippen LogP contribution is -2.51.